The van der Waals surface area contributed by atoms with Crippen LogP contribution in [0.2, 0.25) is 5.02 Å². The summed E-state index contributed by atoms with van der Waals surface area (Å²) in [6, 6.07) is 12.7. The van der Waals surface area contributed by atoms with E-state index < -0.39 is 0 Å². The van der Waals surface area contributed by atoms with Gasteiger partial charge in [0.15, 0.2) is 11.5 Å². The van der Waals surface area contributed by atoms with Gasteiger partial charge in [0.1, 0.15) is 0 Å². The number of halogens is 1. The molecule has 0 unspecified atom stereocenters. The monoisotopic (exact) mass is 281 g/mol. The van der Waals surface area contributed by atoms with E-state index in [0.717, 1.165) is 5.39 Å². The summed E-state index contributed by atoms with van der Waals surface area (Å²) in [5.74, 6) is 0.514. The summed E-state index contributed by atoms with van der Waals surface area (Å²) in [6.45, 7) is 0. The quantitative estimate of drug-likeness (QED) is 0.685. The fraction of sp³-hybridized carbons (Fsp3) is 0. The first-order chi connectivity index (χ1) is 9.75. The van der Waals surface area contributed by atoms with Crippen molar-refractivity contribution in [3.8, 4) is 0 Å². The molecule has 1 aliphatic heterocycles. The molecule has 4 rings (SSSR count). The van der Waals surface area contributed by atoms with Gasteiger partial charge in [-0.25, -0.2) is 9.97 Å². The molecule has 96 valence electrons. The molecule has 3 aromatic rings. The number of amides is 1. The summed E-state index contributed by atoms with van der Waals surface area (Å²) >= 11 is 6.14. The van der Waals surface area contributed by atoms with E-state index in [1.807, 2.05) is 30.3 Å². The van der Waals surface area contributed by atoms with Gasteiger partial charge in [-0.05, 0) is 30.3 Å². The Morgan fingerprint density at radius 3 is 2.80 bits per heavy atom. The SMILES string of the molecule is O=C1c2cc3cccnc3nc2N1c1ccccc1Cl. The molecule has 2 aromatic heterocycles. The number of para-hydroxylation sites is 1. The van der Waals surface area contributed by atoms with Gasteiger partial charge in [0.05, 0.1) is 16.3 Å². The third-order valence-corrected chi connectivity index (χ3v) is 3.63. The number of rotatable bonds is 1. The highest BCUT2D eigenvalue weighted by molar-refractivity contribution is 6.36. The van der Waals surface area contributed by atoms with Crippen LogP contribution in [0.4, 0.5) is 11.5 Å². The normalized spacial score (nSPS) is 13.2. The Morgan fingerprint density at radius 2 is 1.95 bits per heavy atom. The summed E-state index contributed by atoms with van der Waals surface area (Å²) in [5, 5.41) is 1.38. The van der Waals surface area contributed by atoms with Gasteiger partial charge in [0, 0.05) is 11.6 Å². The topological polar surface area (TPSA) is 46.1 Å². The zero-order valence-corrected chi connectivity index (χ0v) is 11.0. The lowest BCUT2D eigenvalue weighted by molar-refractivity contribution is 0.0979. The second-order valence-electron chi connectivity index (χ2n) is 4.50. The maximum Gasteiger partial charge on any atom is 0.267 e. The standard InChI is InChI=1S/C15H8ClN3O/c16-11-5-1-2-6-12(11)19-14-10(15(19)20)8-9-4-3-7-17-13(9)18-14/h1-8H. The molecule has 3 heterocycles. The summed E-state index contributed by atoms with van der Waals surface area (Å²) < 4.78 is 0. The van der Waals surface area contributed by atoms with Crippen molar-refractivity contribution in [3.63, 3.8) is 0 Å². The first-order valence-corrected chi connectivity index (χ1v) is 6.48. The first-order valence-electron chi connectivity index (χ1n) is 6.10. The van der Waals surface area contributed by atoms with Crippen LogP contribution >= 0.6 is 11.6 Å². The Balaban J connectivity index is 1.92. The van der Waals surface area contributed by atoms with Crippen molar-refractivity contribution in [1.29, 1.82) is 0 Å². The molecular weight excluding hydrogens is 274 g/mol. The lowest BCUT2D eigenvalue weighted by Crippen LogP contribution is -2.38. The van der Waals surface area contributed by atoms with Crippen molar-refractivity contribution in [2.75, 3.05) is 4.90 Å². The van der Waals surface area contributed by atoms with E-state index in [2.05, 4.69) is 9.97 Å². The Hall–Kier alpha value is -2.46. The molecule has 5 heteroatoms. The molecule has 0 fully saturated rings. The minimum Gasteiger partial charge on any atom is -0.268 e. The van der Waals surface area contributed by atoms with E-state index in [1.54, 1.807) is 18.3 Å². The van der Waals surface area contributed by atoms with Gasteiger partial charge < -0.3 is 0 Å². The molecule has 0 saturated carbocycles. The van der Waals surface area contributed by atoms with E-state index in [-0.39, 0.29) is 5.91 Å². The highest BCUT2D eigenvalue weighted by atomic mass is 35.5. The van der Waals surface area contributed by atoms with Gasteiger partial charge in [-0.3, -0.25) is 9.69 Å². The molecule has 20 heavy (non-hydrogen) atoms. The lowest BCUT2D eigenvalue weighted by Gasteiger charge is -2.32. The fourth-order valence-electron chi connectivity index (χ4n) is 2.34. The summed E-state index contributed by atoms with van der Waals surface area (Å²) in [7, 11) is 0. The molecule has 1 aliphatic rings. The van der Waals surface area contributed by atoms with Crippen LogP contribution in [0, 0.1) is 0 Å². The minimum atomic E-state index is -0.0913. The van der Waals surface area contributed by atoms with Crippen molar-refractivity contribution in [2.45, 2.75) is 0 Å². The molecule has 0 bridgehead atoms. The Bertz CT molecular complexity index is 863. The molecule has 0 atom stereocenters. The van der Waals surface area contributed by atoms with Gasteiger partial charge >= 0.3 is 0 Å². The second kappa shape index (κ2) is 4.02. The third-order valence-electron chi connectivity index (χ3n) is 3.31. The Morgan fingerprint density at radius 1 is 1.10 bits per heavy atom. The van der Waals surface area contributed by atoms with Gasteiger partial charge in [0.25, 0.3) is 5.91 Å². The van der Waals surface area contributed by atoms with Gasteiger partial charge in [-0.15, -0.1) is 0 Å². The largest absolute Gasteiger partial charge is 0.268 e. The molecule has 4 nitrogen and oxygen atoms in total. The van der Waals surface area contributed by atoms with Gasteiger partial charge in [0.2, 0.25) is 0 Å². The number of aromatic nitrogens is 2. The molecule has 0 N–H and O–H groups in total. The summed E-state index contributed by atoms with van der Waals surface area (Å²) in [6.07, 6.45) is 1.68. The molecule has 0 spiro atoms. The van der Waals surface area contributed by atoms with Crippen LogP contribution in [0.15, 0.2) is 48.7 Å². The average Bonchev–Trinajstić information content (AvgIpc) is 2.48. The number of nitrogens with zero attached hydrogens (tertiary/aromatic N) is 3. The number of hydrogen-bond acceptors (Lipinski definition) is 3. The number of pyridine rings is 2. The highest BCUT2D eigenvalue weighted by Gasteiger charge is 2.37. The maximum absolute atomic E-state index is 12.3. The second-order valence-corrected chi connectivity index (χ2v) is 4.91. The maximum atomic E-state index is 12.3. The predicted molar refractivity (Wildman–Crippen MR) is 77.5 cm³/mol. The van der Waals surface area contributed by atoms with Crippen LogP contribution in [-0.4, -0.2) is 15.9 Å². The molecule has 0 saturated heterocycles. The number of benzene rings is 1. The number of hydrogen-bond donors (Lipinski definition) is 0. The van der Waals surface area contributed by atoms with E-state index in [9.17, 15) is 4.79 Å². The molecule has 0 radical (unpaired) electrons. The summed E-state index contributed by atoms with van der Waals surface area (Å²) in [4.78, 5) is 22.4. The number of carbonyl (C=O) groups is 1. The van der Waals surface area contributed by atoms with Crippen molar-refractivity contribution >= 4 is 40.0 Å². The van der Waals surface area contributed by atoms with E-state index in [1.165, 1.54) is 4.90 Å². The Labute approximate surface area is 119 Å². The molecular formula is C15H8ClN3O. The van der Waals surface area contributed by atoms with Gasteiger partial charge in [-0.1, -0.05) is 23.7 Å². The van der Waals surface area contributed by atoms with Gasteiger partial charge in [-0.2, -0.15) is 0 Å². The lowest BCUT2D eigenvalue weighted by atomic mass is 10.0. The zero-order chi connectivity index (χ0) is 13.7. The van der Waals surface area contributed by atoms with E-state index in [0.29, 0.717) is 27.7 Å². The number of anilines is 2. The van der Waals surface area contributed by atoms with Crippen LogP contribution in [-0.2, 0) is 0 Å². The van der Waals surface area contributed by atoms with Crippen molar-refractivity contribution in [1.82, 2.24) is 9.97 Å². The van der Waals surface area contributed by atoms with E-state index in [4.69, 9.17) is 11.6 Å². The summed E-state index contributed by atoms with van der Waals surface area (Å²) in [5.41, 5.74) is 1.87. The van der Waals surface area contributed by atoms with Crippen LogP contribution in [0.3, 0.4) is 0 Å². The van der Waals surface area contributed by atoms with Crippen molar-refractivity contribution in [2.24, 2.45) is 0 Å². The smallest absolute Gasteiger partial charge is 0.267 e. The average molecular weight is 282 g/mol. The highest BCUT2D eigenvalue weighted by Crippen LogP contribution is 2.41. The minimum absolute atomic E-state index is 0.0913. The van der Waals surface area contributed by atoms with Crippen LogP contribution in [0.1, 0.15) is 10.4 Å². The predicted octanol–water partition coefficient (Wildman–Crippen LogP) is 3.58. The number of carbonyl (C=O) groups excluding carboxylic acids is 1. The molecule has 0 aliphatic carbocycles. The van der Waals surface area contributed by atoms with Crippen molar-refractivity contribution in [3.05, 3.63) is 59.2 Å². The van der Waals surface area contributed by atoms with Crippen LogP contribution < -0.4 is 4.90 Å². The first kappa shape index (κ1) is 11.4. The number of fused-ring (bicyclic) bond motifs is 2. The van der Waals surface area contributed by atoms with Crippen LogP contribution in [0.25, 0.3) is 11.0 Å². The van der Waals surface area contributed by atoms with E-state index >= 15 is 0 Å². The molecule has 1 amide bonds. The molecule has 1 aromatic carbocycles. The third kappa shape index (κ3) is 1.45. The van der Waals surface area contributed by atoms with Crippen LogP contribution in [0.5, 0.6) is 0 Å². The fourth-order valence-corrected chi connectivity index (χ4v) is 2.56. The van der Waals surface area contributed by atoms with Crippen molar-refractivity contribution < 1.29 is 4.79 Å². The zero-order valence-electron chi connectivity index (χ0n) is 10.2. The Kier molecular flexibility index (Phi) is 2.28.